The van der Waals surface area contributed by atoms with Gasteiger partial charge in [-0.25, -0.2) is 0 Å². The maximum Gasteiger partial charge on any atom is 0.0647 e. The van der Waals surface area contributed by atoms with Crippen LogP contribution < -0.4 is 0 Å². The van der Waals surface area contributed by atoms with E-state index in [-0.39, 0.29) is 0 Å². The highest BCUT2D eigenvalue weighted by atomic mass is 16.3. The molecule has 0 radical (unpaired) electrons. The van der Waals surface area contributed by atoms with Crippen molar-refractivity contribution in [2.24, 2.45) is 23.2 Å². The summed E-state index contributed by atoms with van der Waals surface area (Å²) in [7, 11) is 0. The summed E-state index contributed by atoms with van der Waals surface area (Å²) in [5.41, 5.74) is 1.43. The fraction of sp³-hybridized carbons (Fsp3) is 0.882. The van der Waals surface area contributed by atoms with E-state index in [0.29, 0.717) is 11.3 Å². The van der Waals surface area contributed by atoms with Gasteiger partial charge in [-0.3, -0.25) is 0 Å². The Morgan fingerprint density at radius 3 is 2.50 bits per heavy atom. The summed E-state index contributed by atoms with van der Waals surface area (Å²) < 4.78 is 0. The molecular weight excluding hydrogens is 220 g/mol. The Hall–Kier alpha value is -0.300. The number of hydrogen-bond acceptors (Lipinski definition) is 1. The molecular formula is C17H30O. The van der Waals surface area contributed by atoms with Crippen LogP contribution in [0.15, 0.2) is 12.2 Å². The molecule has 18 heavy (non-hydrogen) atoms. The van der Waals surface area contributed by atoms with Crippen molar-refractivity contribution >= 4 is 0 Å². The van der Waals surface area contributed by atoms with Gasteiger partial charge in [-0.1, -0.05) is 39.3 Å². The van der Waals surface area contributed by atoms with Crippen molar-refractivity contribution in [2.75, 3.05) is 0 Å². The summed E-state index contributed by atoms with van der Waals surface area (Å²) in [5.74, 6) is 1.91. The minimum atomic E-state index is -0.477. The molecule has 4 atom stereocenters. The predicted octanol–water partition coefficient (Wildman–Crippen LogP) is 4.56. The molecule has 104 valence electrons. The van der Waals surface area contributed by atoms with Crippen LogP contribution in [0.5, 0.6) is 0 Å². The van der Waals surface area contributed by atoms with Gasteiger partial charge < -0.3 is 5.11 Å². The SMILES string of the molecule is C=C1CCC(CC)[C@@](C)(O)CC[C@H]2C1CC2(C)C. The van der Waals surface area contributed by atoms with Crippen LogP contribution in [-0.2, 0) is 0 Å². The highest BCUT2D eigenvalue weighted by molar-refractivity contribution is 5.14. The van der Waals surface area contributed by atoms with Gasteiger partial charge in [0.2, 0.25) is 0 Å². The minimum Gasteiger partial charge on any atom is -0.390 e. The number of allylic oxidation sites excluding steroid dienone is 1. The third-order valence-electron chi connectivity index (χ3n) is 5.91. The first-order chi connectivity index (χ1) is 8.28. The lowest BCUT2D eigenvalue weighted by molar-refractivity contribution is -0.0422. The lowest BCUT2D eigenvalue weighted by atomic mass is 9.52. The van der Waals surface area contributed by atoms with Gasteiger partial charge in [0.25, 0.3) is 0 Å². The Kier molecular flexibility index (Phi) is 3.66. The van der Waals surface area contributed by atoms with Crippen LogP contribution >= 0.6 is 0 Å². The Bertz CT molecular complexity index is 327. The van der Waals surface area contributed by atoms with E-state index in [9.17, 15) is 5.11 Å². The fourth-order valence-corrected chi connectivity index (χ4v) is 4.42. The number of aliphatic hydroxyl groups is 1. The first-order valence-electron chi connectivity index (χ1n) is 7.68. The number of fused-ring (bicyclic) bond motifs is 1. The molecule has 0 aliphatic heterocycles. The second-order valence-corrected chi connectivity index (χ2v) is 7.60. The van der Waals surface area contributed by atoms with E-state index >= 15 is 0 Å². The minimum absolute atomic E-state index is 0.440. The van der Waals surface area contributed by atoms with Crippen molar-refractivity contribution in [3.63, 3.8) is 0 Å². The monoisotopic (exact) mass is 250 g/mol. The summed E-state index contributed by atoms with van der Waals surface area (Å²) in [4.78, 5) is 0. The van der Waals surface area contributed by atoms with Crippen molar-refractivity contribution in [3.05, 3.63) is 12.2 Å². The second-order valence-electron chi connectivity index (χ2n) is 7.60. The van der Waals surface area contributed by atoms with Gasteiger partial charge in [0, 0.05) is 0 Å². The zero-order valence-electron chi connectivity index (χ0n) is 12.6. The quantitative estimate of drug-likeness (QED) is 0.677. The van der Waals surface area contributed by atoms with E-state index in [2.05, 4.69) is 34.3 Å². The molecule has 0 spiro atoms. The van der Waals surface area contributed by atoms with Gasteiger partial charge in [0.05, 0.1) is 5.60 Å². The zero-order chi connectivity index (χ0) is 13.6. The van der Waals surface area contributed by atoms with Crippen LogP contribution in [-0.4, -0.2) is 10.7 Å². The van der Waals surface area contributed by atoms with E-state index in [1.807, 2.05) is 0 Å². The average Bonchev–Trinajstić information content (AvgIpc) is 2.28. The van der Waals surface area contributed by atoms with E-state index in [0.717, 1.165) is 37.5 Å². The highest BCUT2D eigenvalue weighted by Gasteiger charge is 2.49. The fourth-order valence-electron chi connectivity index (χ4n) is 4.42. The Balaban J connectivity index is 2.16. The predicted molar refractivity (Wildman–Crippen MR) is 77.4 cm³/mol. The van der Waals surface area contributed by atoms with Crippen molar-refractivity contribution < 1.29 is 5.11 Å². The smallest absolute Gasteiger partial charge is 0.0647 e. The maximum atomic E-state index is 10.7. The second kappa shape index (κ2) is 4.67. The summed E-state index contributed by atoms with van der Waals surface area (Å²) in [6.07, 6.45) is 6.75. The van der Waals surface area contributed by atoms with Crippen molar-refractivity contribution in [2.45, 2.75) is 71.8 Å². The first-order valence-corrected chi connectivity index (χ1v) is 7.68. The lowest BCUT2D eigenvalue weighted by Gasteiger charge is -2.53. The normalized spacial score (nSPS) is 44.3. The first kappa shape index (κ1) is 14.1. The van der Waals surface area contributed by atoms with Gasteiger partial charge in [-0.15, -0.1) is 0 Å². The van der Waals surface area contributed by atoms with E-state index in [4.69, 9.17) is 0 Å². The van der Waals surface area contributed by atoms with Crippen LogP contribution in [0.3, 0.4) is 0 Å². The molecule has 0 saturated heterocycles. The molecule has 0 amide bonds. The molecule has 0 aromatic carbocycles. The van der Waals surface area contributed by atoms with Crippen LogP contribution in [0.4, 0.5) is 0 Å². The molecule has 2 saturated carbocycles. The molecule has 2 aliphatic rings. The average molecular weight is 250 g/mol. The summed E-state index contributed by atoms with van der Waals surface area (Å²) >= 11 is 0. The molecule has 0 aromatic rings. The Morgan fingerprint density at radius 1 is 1.28 bits per heavy atom. The molecule has 0 heterocycles. The van der Waals surface area contributed by atoms with Crippen LogP contribution in [0, 0.1) is 23.2 Å². The third-order valence-corrected chi connectivity index (χ3v) is 5.91. The largest absolute Gasteiger partial charge is 0.390 e. The molecule has 1 nitrogen and oxygen atoms in total. The van der Waals surface area contributed by atoms with Crippen LogP contribution in [0.25, 0.3) is 0 Å². The molecule has 1 heteroatoms. The summed E-state index contributed by atoms with van der Waals surface area (Å²) in [6, 6.07) is 0. The van der Waals surface area contributed by atoms with Crippen molar-refractivity contribution in [1.29, 1.82) is 0 Å². The number of rotatable bonds is 1. The van der Waals surface area contributed by atoms with E-state index in [1.165, 1.54) is 18.4 Å². The van der Waals surface area contributed by atoms with Gasteiger partial charge in [0.15, 0.2) is 0 Å². The molecule has 1 N–H and O–H groups in total. The topological polar surface area (TPSA) is 20.2 Å². The molecule has 0 aromatic heterocycles. The molecule has 2 rings (SSSR count). The standard InChI is InChI=1S/C17H30O/c1-6-13-8-7-12(2)14-11-16(3,4)15(14)9-10-17(13,5)18/h13-15,18H,2,6-11H2,1,3-5H3/t13?,14?,15-,17-/m0/s1. The van der Waals surface area contributed by atoms with E-state index < -0.39 is 5.60 Å². The van der Waals surface area contributed by atoms with Crippen LogP contribution in [0.2, 0.25) is 0 Å². The summed E-state index contributed by atoms with van der Waals surface area (Å²) in [6.45, 7) is 13.4. The molecule has 0 bridgehead atoms. The maximum absolute atomic E-state index is 10.7. The van der Waals surface area contributed by atoms with E-state index in [1.54, 1.807) is 0 Å². The zero-order valence-corrected chi connectivity index (χ0v) is 12.6. The lowest BCUT2D eigenvalue weighted by Crippen LogP contribution is -2.45. The number of hydrogen-bond donors (Lipinski definition) is 1. The summed E-state index contributed by atoms with van der Waals surface area (Å²) in [5, 5.41) is 10.7. The molecule has 2 fully saturated rings. The molecule has 2 unspecified atom stereocenters. The van der Waals surface area contributed by atoms with Gasteiger partial charge in [-0.05, 0) is 62.2 Å². The third kappa shape index (κ3) is 2.39. The van der Waals surface area contributed by atoms with Crippen LogP contribution in [0.1, 0.15) is 66.2 Å². The Morgan fingerprint density at radius 2 is 1.94 bits per heavy atom. The van der Waals surface area contributed by atoms with Gasteiger partial charge in [-0.2, -0.15) is 0 Å². The van der Waals surface area contributed by atoms with Gasteiger partial charge in [0.1, 0.15) is 0 Å². The Labute approximate surface area is 113 Å². The van der Waals surface area contributed by atoms with Crippen molar-refractivity contribution in [1.82, 2.24) is 0 Å². The highest BCUT2D eigenvalue weighted by Crippen LogP contribution is 2.57. The van der Waals surface area contributed by atoms with Crippen molar-refractivity contribution in [3.8, 4) is 0 Å². The molecule has 2 aliphatic carbocycles. The van der Waals surface area contributed by atoms with Gasteiger partial charge >= 0.3 is 0 Å².